The number of aliphatic hydroxyl groups excluding tert-OH is 1. The Hall–Kier alpha value is -2.87. The average Bonchev–Trinajstić information content (AvgIpc) is 3.35. The predicted octanol–water partition coefficient (Wildman–Crippen LogP) is 2.13. The van der Waals surface area contributed by atoms with Crippen LogP contribution in [0, 0.1) is 0 Å². The van der Waals surface area contributed by atoms with Crippen LogP contribution in [0.2, 0.25) is 0 Å². The molecule has 0 bridgehead atoms. The molecular formula is C23H30N4O4. The van der Waals surface area contributed by atoms with E-state index in [9.17, 15) is 9.90 Å². The van der Waals surface area contributed by atoms with Crippen LogP contribution in [0.3, 0.4) is 0 Å². The van der Waals surface area contributed by atoms with E-state index in [0.29, 0.717) is 23.1 Å². The average molecular weight is 427 g/mol. The number of amides is 1. The Morgan fingerprint density at radius 1 is 1.16 bits per heavy atom. The Kier molecular flexibility index (Phi) is 6.86. The van der Waals surface area contributed by atoms with E-state index in [2.05, 4.69) is 15.2 Å². The number of fused-ring (bicyclic) bond motifs is 1. The number of nitrogens with one attached hydrogen (secondary N) is 1. The molecule has 2 aliphatic rings. The van der Waals surface area contributed by atoms with Gasteiger partial charge in [0.2, 0.25) is 5.95 Å². The van der Waals surface area contributed by atoms with E-state index in [-0.39, 0.29) is 19.1 Å². The van der Waals surface area contributed by atoms with Crippen molar-refractivity contribution in [3.63, 3.8) is 0 Å². The second kappa shape index (κ2) is 9.96. The van der Waals surface area contributed by atoms with Gasteiger partial charge in [0, 0.05) is 37.0 Å². The maximum Gasteiger partial charge on any atom is 0.270 e. The lowest BCUT2D eigenvalue weighted by Gasteiger charge is -2.22. The number of benzene rings is 1. The molecule has 166 valence electrons. The molecule has 1 aromatic heterocycles. The van der Waals surface area contributed by atoms with Gasteiger partial charge in [0.1, 0.15) is 29.9 Å². The molecule has 4 rings (SSSR count). The van der Waals surface area contributed by atoms with Gasteiger partial charge in [0.15, 0.2) is 0 Å². The number of rotatable bonds is 8. The summed E-state index contributed by atoms with van der Waals surface area (Å²) in [6, 6.07) is 7.18. The topological polar surface area (TPSA) is 96.8 Å². The van der Waals surface area contributed by atoms with Gasteiger partial charge in [-0.25, -0.2) is 9.97 Å². The largest absolute Gasteiger partial charge is 0.497 e. The molecule has 1 aliphatic heterocycles. The van der Waals surface area contributed by atoms with Gasteiger partial charge in [-0.2, -0.15) is 0 Å². The molecule has 2 heterocycles. The first-order valence-electron chi connectivity index (χ1n) is 11.0. The second-order valence-electron chi connectivity index (χ2n) is 8.05. The van der Waals surface area contributed by atoms with Crippen LogP contribution in [0.25, 0.3) is 0 Å². The Morgan fingerprint density at radius 3 is 2.74 bits per heavy atom. The Morgan fingerprint density at radius 2 is 1.94 bits per heavy atom. The lowest BCUT2D eigenvalue weighted by molar-refractivity contribution is 0.0838. The fourth-order valence-corrected chi connectivity index (χ4v) is 4.06. The van der Waals surface area contributed by atoms with E-state index in [4.69, 9.17) is 14.5 Å². The molecule has 1 aromatic carbocycles. The van der Waals surface area contributed by atoms with Gasteiger partial charge in [-0.1, -0.05) is 6.07 Å². The number of carbonyl (C=O) groups is 1. The van der Waals surface area contributed by atoms with Crippen molar-refractivity contribution in [2.75, 3.05) is 38.3 Å². The van der Waals surface area contributed by atoms with Crippen molar-refractivity contribution in [1.29, 1.82) is 0 Å². The van der Waals surface area contributed by atoms with Crippen LogP contribution >= 0.6 is 0 Å². The smallest absolute Gasteiger partial charge is 0.270 e. The van der Waals surface area contributed by atoms with Crippen molar-refractivity contribution in [2.24, 2.45) is 0 Å². The molecule has 0 unspecified atom stereocenters. The molecule has 2 aromatic rings. The van der Waals surface area contributed by atoms with Gasteiger partial charge in [-0.3, -0.25) is 4.79 Å². The second-order valence-corrected chi connectivity index (χ2v) is 8.05. The zero-order chi connectivity index (χ0) is 21.6. The molecule has 1 amide bonds. The summed E-state index contributed by atoms with van der Waals surface area (Å²) in [6.45, 7) is 2.01. The summed E-state index contributed by atoms with van der Waals surface area (Å²) in [7, 11) is 1.59. The summed E-state index contributed by atoms with van der Waals surface area (Å²) in [4.78, 5) is 24.5. The van der Waals surface area contributed by atoms with E-state index in [1.54, 1.807) is 19.2 Å². The lowest BCUT2D eigenvalue weighted by atomic mass is 9.94. The van der Waals surface area contributed by atoms with Crippen LogP contribution in [0.15, 0.2) is 24.3 Å². The maximum absolute atomic E-state index is 13.0. The number of aromatic nitrogens is 2. The molecule has 8 heteroatoms. The van der Waals surface area contributed by atoms with Gasteiger partial charge in [-0.15, -0.1) is 0 Å². The van der Waals surface area contributed by atoms with E-state index < -0.39 is 6.10 Å². The number of methoxy groups -OCH3 is 1. The van der Waals surface area contributed by atoms with Crippen LogP contribution in [0.5, 0.6) is 11.5 Å². The third-order valence-corrected chi connectivity index (χ3v) is 5.76. The fraction of sp³-hybridized carbons (Fsp3) is 0.522. The first-order chi connectivity index (χ1) is 15.1. The standard InChI is InChI=1S/C23H30N4O4/c1-30-17-7-6-8-18(13-17)31-15-16(28)14-24-22(29)21-19-9-2-3-10-20(19)25-23(26-21)27-11-4-5-12-27/h6-8,13,16,28H,2-5,9-12,14-15H2,1H3,(H,24,29)/t16-/m1/s1. The first-order valence-corrected chi connectivity index (χ1v) is 11.0. The number of nitrogens with zero attached hydrogens (tertiary/aromatic N) is 3. The summed E-state index contributed by atoms with van der Waals surface area (Å²) in [5.74, 6) is 1.68. The maximum atomic E-state index is 13.0. The normalized spacial score (nSPS) is 16.5. The van der Waals surface area contributed by atoms with E-state index in [1.807, 2.05) is 12.1 Å². The van der Waals surface area contributed by atoms with Crippen LogP contribution in [-0.4, -0.2) is 60.4 Å². The minimum Gasteiger partial charge on any atom is -0.497 e. The molecule has 1 fully saturated rings. The Labute approximate surface area is 182 Å². The summed E-state index contributed by atoms with van der Waals surface area (Å²) in [5, 5.41) is 13.1. The Balaban J connectivity index is 1.38. The Bertz CT molecular complexity index is 914. The molecule has 0 saturated carbocycles. The monoisotopic (exact) mass is 426 g/mol. The fourth-order valence-electron chi connectivity index (χ4n) is 4.06. The predicted molar refractivity (Wildman–Crippen MR) is 117 cm³/mol. The van der Waals surface area contributed by atoms with Crippen molar-refractivity contribution in [3.8, 4) is 11.5 Å². The minimum atomic E-state index is -0.842. The van der Waals surface area contributed by atoms with E-state index in [1.165, 1.54) is 0 Å². The summed E-state index contributed by atoms with van der Waals surface area (Å²) in [6.07, 6.45) is 5.24. The molecule has 8 nitrogen and oxygen atoms in total. The number of hydrogen-bond acceptors (Lipinski definition) is 7. The van der Waals surface area contributed by atoms with Gasteiger partial charge in [0.25, 0.3) is 5.91 Å². The third-order valence-electron chi connectivity index (χ3n) is 5.76. The summed E-state index contributed by atoms with van der Waals surface area (Å²) < 4.78 is 10.8. The SMILES string of the molecule is COc1cccc(OC[C@H](O)CNC(=O)c2nc(N3CCCC3)nc3c2CCCC3)c1. The van der Waals surface area contributed by atoms with Crippen LogP contribution in [-0.2, 0) is 12.8 Å². The molecule has 2 N–H and O–H groups in total. The van der Waals surface area contributed by atoms with Gasteiger partial charge >= 0.3 is 0 Å². The van der Waals surface area contributed by atoms with Gasteiger partial charge in [0.05, 0.1) is 7.11 Å². The van der Waals surface area contributed by atoms with Crippen molar-refractivity contribution in [3.05, 3.63) is 41.2 Å². The molecule has 0 spiro atoms. The van der Waals surface area contributed by atoms with Crippen LogP contribution in [0.1, 0.15) is 47.4 Å². The van der Waals surface area contributed by atoms with E-state index >= 15 is 0 Å². The number of carbonyl (C=O) groups excluding carboxylic acids is 1. The zero-order valence-electron chi connectivity index (χ0n) is 18.0. The molecule has 1 atom stereocenters. The number of aryl methyl sites for hydroxylation is 1. The van der Waals surface area contributed by atoms with Crippen molar-refractivity contribution in [2.45, 2.75) is 44.6 Å². The minimum absolute atomic E-state index is 0.0638. The number of aliphatic hydroxyl groups is 1. The summed E-state index contributed by atoms with van der Waals surface area (Å²) >= 11 is 0. The number of anilines is 1. The lowest BCUT2D eigenvalue weighted by Crippen LogP contribution is -2.37. The van der Waals surface area contributed by atoms with Crippen molar-refractivity contribution < 1.29 is 19.4 Å². The quantitative estimate of drug-likeness (QED) is 0.667. The molecule has 1 aliphatic carbocycles. The third kappa shape index (κ3) is 5.25. The highest BCUT2D eigenvalue weighted by Crippen LogP contribution is 2.26. The molecule has 31 heavy (non-hydrogen) atoms. The van der Waals surface area contributed by atoms with Crippen molar-refractivity contribution in [1.82, 2.24) is 15.3 Å². The zero-order valence-corrected chi connectivity index (χ0v) is 18.0. The van der Waals surface area contributed by atoms with Crippen LogP contribution in [0.4, 0.5) is 5.95 Å². The number of hydrogen-bond donors (Lipinski definition) is 2. The van der Waals surface area contributed by atoms with Crippen LogP contribution < -0.4 is 19.7 Å². The molecule has 0 radical (unpaired) electrons. The highest BCUT2D eigenvalue weighted by atomic mass is 16.5. The molecule has 1 saturated heterocycles. The van der Waals surface area contributed by atoms with Gasteiger partial charge in [-0.05, 0) is 50.7 Å². The highest BCUT2D eigenvalue weighted by molar-refractivity contribution is 5.94. The first kappa shape index (κ1) is 21.4. The van der Waals surface area contributed by atoms with E-state index in [0.717, 1.165) is 62.9 Å². The van der Waals surface area contributed by atoms with Gasteiger partial charge < -0.3 is 24.8 Å². The van der Waals surface area contributed by atoms with Crippen molar-refractivity contribution >= 4 is 11.9 Å². The molecular weight excluding hydrogens is 396 g/mol. The number of ether oxygens (including phenoxy) is 2. The summed E-state index contributed by atoms with van der Waals surface area (Å²) in [5.41, 5.74) is 2.40. The highest BCUT2D eigenvalue weighted by Gasteiger charge is 2.25.